The lowest BCUT2D eigenvalue weighted by molar-refractivity contribution is 0.515. The van der Waals surface area contributed by atoms with Crippen LogP contribution < -0.4 is 0 Å². The second kappa shape index (κ2) is 4.34. The minimum absolute atomic E-state index is 0.122. The summed E-state index contributed by atoms with van der Waals surface area (Å²) in [7, 11) is 0. The smallest absolute Gasteiger partial charge is 0.177 e. The summed E-state index contributed by atoms with van der Waals surface area (Å²) in [5.41, 5.74) is 2.86. The molecular weight excluding hydrogens is 252 g/mol. The summed E-state index contributed by atoms with van der Waals surface area (Å²) in [5, 5.41) is 0. The van der Waals surface area contributed by atoms with Gasteiger partial charge >= 0.3 is 0 Å². The van der Waals surface area contributed by atoms with Crippen LogP contribution >= 0.6 is 12.2 Å². The molecule has 100 valence electrons. The summed E-state index contributed by atoms with van der Waals surface area (Å²) < 4.78 is 3.18. The molecule has 2 unspecified atom stereocenters. The minimum Gasteiger partial charge on any atom is -0.337 e. The Bertz CT molecular complexity index is 631. The van der Waals surface area contributed by atoms with Crippen molar-refractivity contribution in [2.75, 3.05) is 0 Å². The van der Waals surface area contributed by atoms with Crippen molar-refractivity contribution in [2.24, 2.45) is 0 Å². The van der Waals surface area contributed by atoms with Crippen LogP contribution in [0.15, 0.2) is 36.5 Å². The van der Waals surface area contributed by atoms with Gasteiger partial charge < -0.3 is 9.55 Å². The Morgan fingerprint density at radius 2 is 1.89 bits per heavy atom. The molecule has 1 N–H and O–H groups in total. The average molecular weight is 272 g/mol. The first-order chi connectivity index (χ1) is 8.98. The van der Waals surface area contributed by atoms with Crippen LogP contribution in [0.3, 0.4) is 0 Å². The predicted molar refractivity (Wildman–Crippen MR) is 81.2 cm³/mol. The van der Waals surface area contributed by atoms with Crippen LogP contribution in [0.5, 0.6) is 0 Å². The third kappa shape index (κ3) is 2.27. The number of hydrogen-bond donors (Lipinski definition) is 1. The molecule has 0 aliphatic heterocycles. The normalized spacial score (nSPS) is 22.5. The summed E-state index contributed by atoms with van der Waals surface area (Å²) in [5.74, 6) is 0.616. The zero-order chi connectivity index (χ0) is 13.6. The molecule has 19 heavy (non-hydrogen) atoms. The number of imidazole rings is 1. The van der Waals surface area contributed by atoms with Gasteiger partial charge in [0.2, 0.25) is 0 Å². The van der Waals surface area contributed by atoms with Crippen molar-refractivity contribution in [3.8, 4) is 0 Å². The first-order valence-electron chi connectivity index (χ1n) is 6.84. The summed E-state index contributed by atoms with van der Waals surface area (Å²) in [6, 6.07) is 11.3. The summed E-state index contributed by atoms with van der Waals surface area (Å²) in [6.45, 7) is 6.71. The number of benzene rings is 1. The first-order valence-corrected chi connectivity index (χ1v) is 7.24. The van der Waals surface area contributed by atoms with E-state index in [1.807, 2.05) is 0 Å². The quantitative estimate of drug-likeness (QED) is 0.794. The number of aromatic nitrogens is 2. The zero-order valence-electron chi connectivity index (χ0n) is 11.7. The van der Waals surface area contributed by atoms with E-state index in [0.717, 1.165) is 4.77 Å². The van der Waals surface area contributed by atoms with Gasteiger partial charge in [-0.15, -0.1) is 0 Å². The number of H-pyrrole nitrogens is 1. The molecule has 2 atom stereocenters. The molecule has 1 heterocycles. The molecule has 1 aromatic carbocycles. The van der Waals surface area contributed by atoms with Gasteiger partial charge in [0.25, 0.3) is 0 Å². The molecule has 1 fully saturated rings. The van der Waals surface area contributed by atoms with Gasteiger partial charge in [-0.1, -0.05) is 51.1 Å². The fourth-order valence-electron chi connectivity index (χ4n) is 2.81. The van der Waals surface area contributed by atoms with E-state index in [4.69, 9.17) is 12.2 Å². The lowest BCUT2D eigenvalue weighted by Gasteiger charge is -2.21. The van der Waals surface area contributed by atoms with E-state index in [1.54, 1.807) is 0 Å². The van der Waals surface area contributed by atoms with Gasteiger partial charge in [0.15, 0.2) is 4.77 Å². The van der Waals surface area contributed by atoms with E-state index in [9.17, 15) is 0 Å². The van der Waals surface area contributed by atoms with Crippen LogP contribution in [-0.2, 0) is 5.41 Å². The summed E-state index contributed by atoms with van der Waals surface area (Å²) in [6.07, 6.45) is 3.27. The number of hydrogen-bond acceptors (Lipinski definition) is 1. The third-order valence-corrected chi connectivity index (χ3v) is 4.21. The van der Waals surface area contributed by atoms with Crippen molar-refractivity contribution in [3.63, 3.8) is 0 Å². The number of nitrogens with one attached hydrogen (secondary N) is 1. The SMILES string of the molecule is CC(C)(C)c1c[nH]c(=S)n1C1CC1c1ccccc1. The maximum Gasteiger partial charge on any atom is 0.177 e. The van der Waals surface area contributed by atoms with Crippen LogP contribution in [0.2, 0.25) is 0 Å². The van der Waals surface area contributed by atoms with E-state index in [1.165, 1.54) is 17.7 Å². The van der Waals surface area contributed by atoms with E-state index in [2.05, 4.69) is 66.9 Å². The van der Waals surface area contributed by atoms with Gasteiger partial charge in [-0.2, -0.15) is 0 Å². The second-order valence-electron chi connectivity index (χ2n) is 6.42. The van der Waals surface area contributed by atoms with E-state index < -0.39 is 0 Å². The van der Waals surface area contributed by atoms with E-state index in [0.29, 0.717) is 12.0 Å². The van der Waals surface area contributed by atoms with Gasteiger partial charge in [0.05, 0.1) is 0 Å². The van der Waals surface area contributed by atoms with Gasteiger partial charge in [0.1, 0.15) is 0 Å². The molecule has 0 amide bonds. The lowest BCUT2D eigenvalue weighted by Crippen LogP contribution is -2.17. The molecule has 0 bridgehead atoms. The average Bonchev–Trinajstić information content (AvgIpc) is 3.05. The summed E-state index contributed by atoms with van der Waals surface area (Å²) >= 11 is 5.47. The Morgan fingerprint density at radius 1 is 1.21 bits per heavy atom. The largest absolute Gasteiger partial charge is 0.337 e. The van der Waals surface area contributed by atoms with Crippen LogP contribution in [0.1, 0.15) is 50.4 Å². The molecule has 0 saturated heterocycles. The highest BCUT2D eigenvalue weighted by molar-refractivity contribution is 7.71. The van der Waals surface area contributed by atoms with Crippen LogP contribution in [0, 0.1) is 4.77 Å². The topological polar surface area (TPSA) is 20.7 Å². The Morgan fingerprint density at radius 3 is 2.53 bits per heavy atom. The molecule has 1 aliphatic rings. The Labute approximate surface area is 119 Å². The van der Waals surface area contributed by atoms with Gasteiger partial charge in [-0.3, -0.25) is 0 Å². The fourth-order valence-corrected chi connectivity index (χ4v) is 3.10. The van der Waals surface area contributed by atoms with E-state index in [-0.39, 0.29) is 5.41 Å². The van der Waals surface area contributed by atoms with Crippen molar-refractivity contribution in [3.05, 3.63) is 52.6 Å². The molecule has 2 nitrogen and oxygen atoms in total. The fraction of sp³-hybridized carbons (Fsp3) is 0.438. The highest BCUT2D eigenvalue weighted by Crippen LogP contribution is 2.52. The highest BCUT2D eigenvalue weighted by Gasteiger charge is 2.42. The minimum atomic E-state index is 0.122. The number of nitrogens with zero attached hydrogens (tertiary/aromatic N) is 1. The number of rotatable bonds is 2. The van der Waals surface area contributed by atoms with Gasteiger partial charge in [0, 0.05) is 29.3 Å². The molecule has 3 rings (SSSR count). The van der Waals surface area contributed by atoms with Crippen LogP contribution in [0.25, 0.3) is 0 Å². The first kappa shape index (κ1) is 12.7. The van der Waals surface area contributed by atoms with Crippen molar-refractivity contribution in [2.45, 2.75) is 44.6 Å². The third-order valence-electron chi connectivity index (χ3n) is 3.90. The predicted octanol–water partition coefficient (Wildman–Crippen LogP) is 4.57. The molecule has 2 aromatic rings. The Hall–Kier alpha value is -1.35. The highest BCUT2D eigenvalue weighted by atomic mass is 32.1. The van der Waals surface area contributed by atoms with Crippen molar-refractivity contribution in [1.82, 2.24) is 9.55 Å². The molecule has 0 spiro atoms. The van der Waals surface area contributed by atoms with Gasteiger partial charge in [-0.05, 0) is 24.2 Å². The second-order valence-corrected chi connectivity index (χ2v) is 6.81. The molecule has 1 saturated carbocycles. The number of aromatic amines is 1. The molecule has 1 aliphatic carbocycles. The van der Waals surface area contributed by atoms with Crippen molar-refractivity contribution >= 4 is 12.2 Å². The monoisotopic (exact) mass is 272 g/mol. The molecule has 1 aromatic heterocycles. The Balaban J connectivity index is 1.94. The van der Waals surface area contributed by atoms with Crippen LogP contribution in [0.4, 0.5) is 0 Å². The van der Waals surface area contributed by atoms with E-state index >= 15 is 0 Å². The lowest BCUT2D eigenvalue weighted by atomic mass is 9.92. The maximum absolute atomic E-state index is 5.47. The van der Waals surface area contributed by atoms with Crippen molar-refractivity contribution in [1.29, 1.82) is 0 Å². The standard InChI is InChI=1S/C16H20N2S/c1-16(2,3)14-10-17-15(19)18(14)13-9-12(13)11-7-5-4-6-8-11/h4-8,10,12-13H,9H2,1-3H3,(H,17,19). The maximum atomic E-state index is 5.47. The molecule has 3 heteroatoms. The van der Waals surface area contributed by atoms with Crippen molar-refractivity contribution < 1.29 is 0 Å². The molecule has 0 radical (unpaired) electrons. The van der Waals surface area contributed by atoms with Crippen LogP contribution in [-0.4, -0.2) is 9.55 Å². The summed E-state index contributed by atoms with van der Waals surface area (Å²) in [4.78, 5) is 3.21. The Kier molecular flexibility index (Phi) is 2.90. The van der Waals surface area contributed by atoms with Gasteiger partial charge in [-0.25, -0.2) is 0 Å². The molecular formula is C16H20N2S. The zero-order valence-corrected chi connectivity index (χ0v) is 12.5.